The minimum absolute atomic E-state index is 0.00631. The van der Waals surface area contributed by atoms with Crippen LogP contribution in [0.4, 0.5) is 0 Å². The van der Waals surface area contributed by atoms with Crippen molar-refractivity contribution in [2.75, 3.05) is 33.3 Å². The van der Waals surface area contributed by atoms with Gasteiger partial charge in [0, 0.05) is 43.8 Å². The van der Waals surface area contributed by atoms with Gasteiger partial charge in [-0.1, -0.05) is 29.8 Å². The van der Waals surface area contributed by atoms with Crippen LogP contribution in [0.2, 0.25) is 5.02 Å². The molecule has 5 nitrogen and oxygen atoms in total. The Kier molecular flexibility index (Phi) is 6.37. The van der Waals surface area contributed by atoms with E-state index in [-0.39, 0.29) is 11.7 Å². The molecule has 1 heterocycles. The van der Waals surface area contributed by atoms with E-state index in [0.717, 1.165) is 30.2 Å². The monoisotopic (exact) mass is 386 g/mol. The molecule has 1 aliphatic heterocycles. The molecule has 6 heteroatoms. The molecule has 1 saturated heterocycles. The van der Waals surface area contributed by atoms with Gasteiger partial charge in [0.25, 0.3) is 0 Å². The number of hydrogen-bond donors (Lipinski definition) is 1. The first-order chi connectivity index (χ1) is 13.0. The van der Waals surface area contributed by atoms with E-state index in [9.17, 15) is 9.90 Å². The van der Waals surface area contributed by atoms with Gasteiger partial charge >= 0.3 is 0 Å². The highest BCUT2D eigenvalue weighted by molar-refractivity contribution is 6.30. The Bertz CT molecular complexity index is 813. The Balaban J connectivity index is 1.51. The summed E-state index contributed by atoms with van der Waals surface area (Å²) in [7, 11) is 1.50. The Morgan fingerprint density at radius 2 is 1.85 bits per heavy atom. The molecule has 2 aromatic carbocycles. The predicted octanol–water partition coefficient (Wildman–Crippen LogP) is 3.41. The van der Waals surface area contributed by atoms with Crippen LogP contribution in [0.3, 0.4) is 0 Å². The van der Waals surface area contributed by atoms with Gasteiger partial charge in [0.1, 0.15) is 0 Å². The van der Waals surface area contributed by atoms with Crippen molar-refractivity contribution in [2.24, 2.45) is 0 Å². The lowest BCUT2D eigenvalue weighted by Crippen LogP contribution is -2.47. The quantitative estimate of drug-likeness (QED) is 0.800. The fraction of sp³-hybridized carbons (Fsp3) is 0.286. The molecule has 1 fully saturated rings. The Hall–Kier alpha value is -2.50. The molecule has 1 aliphatic rings. The van der Waals surface area contributed by atoms with Crippen LogP contribution in [0.5, 0.6) is 11.5 Å². The lowest BCUT2D eigenvalue weighted by Gasteiger charge is -2.34. The highest BCUT2D eigenvalue weighted by Gasteiger charge is 2.19. The van der Waals surface area contributed by atoms with Crippen LogP contribution in [0, 0.1) is 0 Å². The van der Waals surface area contributed by atoms with Crippen LogP contribution >= 0.6 is 11.6 Å². The maximum atomic E-state index is 12.4. The number of carbonyl (C=O) groups excluding carboxylic acids is 1. The van der Waals surface area contributed by atoms with E-state index in [1.807, 2.05) is 29.2 Å². The average molecular weight is 387 g/mol. The molecule has 0 bridgehead atoms. The zero-order valence-electron chi connectivity index (χ0n) is 15.3. The first-order valence-electron chi connectivity index (χ1n) is 8.86. The Morgan fingerprint density at radius 3 is 2.52 bits per heavy atom. The van der Waals surface area contributed by atoms with Crippen molar-refractivity contribution >= 4 is 23.6 Å². The van der Waals surface area contributed by atoms with Crippen LogP contribution in [-0.4, -0.2) is 54.1 Å². The lowest BCUT2D eigenvalue weighted by atomic mass is 10.1. The first-order valence-corrected chi connectivity index (χ1v) is 9.24. The summed E-state index contributed by atoms with van der Waals surface area (Å²) in [5.74, 6) is 0.464. The normalized spacial score (nSPS) is 15.3. The summed E-state index contributed by atoms with van der Waals surface area (Å²) in [5, 5.41) is 10.4. The maximum Gasteiger partial charge on any atom is 0.246 e. The maximum absolute atomic E-state index is 12.4. The largest absolute Gasteiger partial charge is 0.504 e. The fourth-order valence-electron chi connectivity index (χ4n) is 3.05. The molecule has 0 unspecified atom stereocenters. The van der Waals surface area contributed by atoms with E-state index < -0.39 is 0 Å². The molecule has 0 saturated carbocycles. The van der Waals surface area contributed by atoms with Gasteiger partial charge in [0.05, 0.1) is 7.11 Å². The molecule has 0 aliphatic carbocycles. The van der Waals surface area contributed by atoms with Gasteiger partial charge in [-0.2, -0.15) is 0 Å². The number of carbonyl (C=O) groups is 1. The number of halogens is 1. The summed E-state index contributed by atoms with van der Waals surface area (Å²) in [4.78, 5) is 16.6. The number of phenols is 1. The van der Waals surface area contributed by atoms with Gasteiger partial charge in [0.2, 0.25) is 5.91 Å². The third kappa shape index (κ3) is 5.25. The lowest BCUT2D eigenvalue weighted by molar-refractivity contribution is -0.127. The molecule has 27 heavy (non-hydrogen) atoms. The van der Waals surface area contributed by atoms with Gasteiger partial charge in [-0.3, -0.25) is 9.69 Å². The molecule has 0 radical (unpaired) electrons. The van der Waals surface area contributed by atoms with E-state index in [1.54, 1.807) is 30.4 Å². The van der Waals surface area contributed by atoms with E-state index in [0.29, 0.717) is 18.8 Å². The molecule has 0 atom stereocenters. The summed E-state index contributed by atoms with van der Waals surface area (Å²) in [6, 6.07) is 12.9. The zero-order valence-corrected chi connectivity index (χ0v) is 16.0. The second-order valence-corrected chi connectivity index (χ2v) is 6.93. The van der Waals surface area contributed by atoms with Gasteiger partial charge in [-0.15, -0.1) is 0 Å². The zero-order chi connectivity index (χ0) is 19.2. The van der Waals surface area contributed by atoms with Gasteiger partial charge in [-0.05, 0) is 41.5 Å². The standard InChI is InChI=1S/C21H23ClN2O3/c1-27-20-14-16(4-8-19(20)25)5-9-21(26)24-12-10-23(11-13-24)15-17-2-6-18(22)7-3-17/h2-9,14,25H,10-13,15H2,1H3/b9-5+. The average Bonchev–Trinajstić information content (AvgIpc) is 2.69. The second kappa shape index (κ2) is 8.93. The third-order valence-electron chi connectivity index (χ3n) is 4.63. The number of phenolic OH excluding ortho intramolecular Hbond substituents is 1. The Labute approximate surface area is 164 Å². The predicted molar refractivity (Wildman–Crippen MR) is 107 cm³/mol. The van der Waals surface area contributed by atoms with Crippen molar-refractivity contribution in [2.45, 2.75) is 6.54 Å². The highest BCUT2D eigenvalue weighted by atomic mass is 35.5. The van der Waals surface area contributed by atoms with Gasteiger partial charge < -0.3 is 14.7 Å². The fourth-order valence-corrected chi connectivity index (χ4v) is 3.17. The molecule has 1 N–H and O–H groups in total. The van der Waals surface area contributed by atoms with Gasteiger partial charge in [0.15, 0.2) is 11.5 Å². The number of methoxy groups -OCH3 is 1. The van der Waals surface area contributed by atoms with Crippen molar-refractivity contribution in [1.82, 2.24) is 9.80 Å². The van der Waals surface area contributed by atoms with Crippen molar-refractivity contribution in [3.05, 3.63) is 64.7 Å². The van der Waals surface area contributed by atoms with E-state index >= 15 is 0 Å². The number of hydrogen-bond acceptors (Lipinski definition) is 4. The molecular formula is C21H23ClN2O3. The number of nitrogens with zero attached hydrogens (tertiary/aromatic N) is 2. The second-order valence-electron chi connectivity index (χ2n) is 6.49. The van der Waals surface area contributed by atoms with Crippen molar-refractivity contribution in [1.29, 1.82) is 0 Å². The Morgan fingerprint density at radius 1 is 1.15 bits per heavy atom. The molecule has 0 aromatic heterocycles. The van der Waals surface area contributed by atoms with Crippen LogP contribution in [0.1, 0.15) is 11.1 Å². The number of amides is 1. The van der Waals surface area contributed by atoms with Gasteiger partial charge in [-0.25, -0.2) is 0 Å². The summed E-state index contributed by atoms with van der Waals surface area (Å²) in [5.41, 5.74) is 2.03. The van der Waals surface area contributed by atoms with E-state index in [1.165, 1.54) is 12.7 Å². The van der Waals surface area contributed by atoms with Crippen molar-refractivity contribution in [3.63, 3.8) is 0 Å². The molecule has 1 amide bonds. The molecule has 0 spiro atoms. The number of aromatic hydroxyl groups is 1. The summed E-state index contributed by atoms with van der Waals surface area (Å²) in [6.45, 7) is 3.96. The number of rotatable bonds is 5. The summed E-state index contributed by atoms with van der Waals surface area (Å²) >= 11 is 5.92. The van der Waals surface area contributed by atoms with Crippen LogP contribution in [0.25, 0.3) is 6.08 Å². The highest BCUT2D eigenvalue weighted by Crippen LogP contribution is 2.26. The molecular weight excluding hydrogens is 364 g/mol. The summed E-state index contributed by atoms with van der Waals surface area (Å²) < 4.78 is 5.08. The first kappa shape index (κ1) is 19.3. The van der Waals surface area contributed by atoms with Crippen molar-refractivity contribution in [3.8, 4) is 11.5 Å². The third-order valence-corrected chi connectivity index (χ3v) is 4.88. The molecule has 2 aromatic rings. The SMILES string of the molecule is COc1cc(/C=C/C(=O)N2CCN(Cc3ccc(Cl)cc3)CC2)ccc1O. The minimum Gasteiger partial charge on any atom is -0.504 e. The summed E-state index contributed by atoms with van der Waals surface area (Å²) in [6.07, 6.45) is 3.31. The smallest absolute Gasteiger partial charge is 0.246 e. The molecule has 3 rings (SSSR count). The number of benzene rings is 2. The topological polar surface area (TPSA) is 53.0 Å². The number of ether oxygens (including phenoxy) is 1. The van der Waals surface area contributed by atoms with E-state index in [4.69, 9.17) is 16.3 Å². The van der Waals surface area contributed by atoms with Crippen LogP contribution in [-0.2, 0) is 11.3 Å². The molecule has 142 valence electrons. The van der Waals surface area contributed by atoms with Crippen LogP contribution in [0.15, 0.2) is 48.5 Å². The van der Waals surface area contributed by atoms with E-state index in [2.05, 4.69) is 4.90 Å². The minimum atomic E-state index is -0.00631. The van der Waals surface area contributed by atoms with Crippen molar-refractivity contribution < 1.29 is 14.6 Å². The van der Waals surface area contributed by atoms with Crippen LogP contribution < -0.4 is 4.74 Å². The number of piperazine rings is 1.